The Morgan fingerprint density at radius 3 is 2.65 bits per heavy atom. The number of likely N-dealkylation sites (tertiary alicyclic amines) is 1. The van der Waals surface area contributed by atoms with Crippen LogP contribution in [-0.4, -0.2) is 74.1 Å². The number of hydrogen-bond donors (Lipinski definition) is 1. The zero-order chi connectivity index (χ0) is 18.2. The maximum absolute atomic E-state index is 9.22. The number of rotatable bonds is 10. The van der Waals surface area contributed by atoms with Gasteiger partial charge in [-0.25, -0.2) is 0 Å². The molecule has 0 aromatic carbocycles. The van der Waals surface area contributed by atoms with Crippen molar-refractivity contribution in [1.29, 1.82) is 0 Å². The van der Waals surface area contributed by atoms with E-state index in [0.29, 0.717) is 11.9 Å². The Kier molecular flexibility index (Phi) is 7.95. The molecule has 1 aromatic rings. The van der Waals surface area contributed by atoms with E-state index < -0.39 is 0 Å². The van der Waals surface area contributed by atoms with Crippen molar-refractivity contribution in [2.24, 2.45) is 5.92 Å². The Morgan fingerprint density at radius 2 is 2.00 bits per heavy atom. The number of piperidine rings is 1. The molecule has 2 fully saturated rings. The summed E-state index contributed by atoms with van der Waals surface area (Å²) in [5, 5.41) is 9.22. The lowest BCUT2D eigenvalue weighted by Gasteiger charge is -2.35. The van der Waals surface area contributed by atoms with Crippen LogP contribution in [0, 0.1) is 5.92 Å². The standard InChI is InChI=1S/C20H34N2O4/c1-24-12-10-21-8-6-17(7-9-21)13-22(14-18-3-2-11-25-18)15-19-4-5-20(16-23)26-19/h4-5,17-18,23H,2-3,6-16H2,1H3. The number of nitrogens with zero attached hydrogens (tertiary/aromatic N) is 2. The average molecular weight is 367 g/mol. The molecule has 1 aromatic heterocycles. The van der Waals surface area contributed by atoms with Gasteiger partial charge in [-0.15, -0.1) is 0 Å². The fraction of sp³-hybridized carbons (Fsp3) is 0.800. The van der Waals surface area contributed by atoms with Gasteiger partial charge in [-0.2, -0.15) is 0 Å². The molecule has 1 unspecified atom stereocenters. The summed E-state index contributed by atoms with van der Waals surface area (Å²) in [7, 11) is 1.77. The molecule has 1 atom stereocenters. The first kappa shape index (κ1) is 19.8. The molecule has 6 nitrogen and oxygen atoms in total. The number of furan rings is 1. The summed E-state index contributed by atoms with van der Waals surface area (Å²) >= 11 is 0. The van der Waals surface area contributed by atoms with E-state index in [1.165, 1.54) is 19.3 Å². The fourth-order valence-electron chi connectivity index (χ4n) is 4.07. The SMILES string of the molecule is COCCN1CCC(CN(Cc2ccc(CO)o2)CC2CCCO2)CC1. The third-order valence-electron chi connectivity index (χ3n) is 5.57. The first-order chi connectivity index (χ1) is 12.8. The van der Waals surface area contributed by atoms with Crippen molar-refractivity contribution in [1.82, 2.24) is 9.80 Å². The van der Waals surface area contributed by atoms with Crippen LogP contribution in [0.5, 0.6) is 0 Å². The number of ether oxygens (including phenoxy) is 2. The van der Waals surface area contributed by atoms with Crippen LogP contribution in [0.1, 0.15) is 37.2 Å². The summed E-state index contributed by atoms with van der Waals surface area (Å²) in [6.45, 7) is 7.91. The van der Waals surface area contributed by atoms with Crippen molar-refractivity contribution in [3.63, 3.8) is 0 Å². The molecular formula is C20H34N2O4. The second-order valence-corrected chi connectivity index (χ2v) is 7.63. The maximum atomic E-state index is 9.22. The Bertz CT molecular complexity index is 508. The highest BCUT2D eigenvalue weighted by molar-refractivity contribution is 5.06. The van der Waals surface area contributed by atoms with Gasteiger partial charge < -0.3 is 23.9 Å². The summed E-state index contributed by atoms with van der Waals surface area (Å²) in [5.74, 6) is 2.30. The van der Waals surface area contributed by atoms with Crippen LogP contribution >= 0.6 is 0 Å². The molecular weight excluding hydrogens is 332 g/mol. The van der Waals surface area contributed by atoms with Gasteiger partial charge in [0, 0.05) is 33.4 Å². The summed E-state index contributed by atoms with van der Waals surface area (Å²) in [6, 6.07) is 3.86. The topological polar surface area (TPSA) is 58.3 Å². The largest absolute Gasteiger partial charge is 0.462 e. The highest BCUT2D eigenvalue weighted by atomic mass is 16.5. The van der Waals surface area contributed by atoms with Crippen LogP contribution in [0.2, 0.25) is 0 Å². The Morgan fingerprint density at radius 1 is 1.19 bits per heavy atom. The monoisotopic (exact) mass is 366 g/mol. The molecule has 6 heteroatoms. The van der Waals surface area contributed by atoms with E-state index in [9.17, 15) is 5.11 Å². The van der Waals surface area contributed by atoms with Gasteiger partial charge in [0.05, 0.1) is 19.3 Å². The third-order valence-corrected chi connectivity index (χ3v) is 5.57. The molecule has 2 aliphatic rings. The second-order valence-electron chi connectivity index (χ2n) is 7.63. The van der Waals surface area contributed by atoms with Crippen molar-refractivity contribution < 1.29 is 19.0 Å². The molecule has 0 bridgehead atoms. The van der Waals surface area contributed by atoms with Gasteiger partial charge in [-0.3, -0.25) is 4.90 Å². The van der Waals surface area contributed by atoms with E-state index in [-0.39, 0.29) is 6.61 Å². The van der Waals surface area contributed by atoms with Gasteiger partial charge in [0.1, 0.15) is 18.1 Å². The van der Waals surface area contributed by atoms with Crippen LogP contribution < -0.4 is 0 Å². The lowest BCUT2D eigenvalue weighted by atomic mass is 9.96. The second kappa shape index (κ2) is 10.4. The quantitative estimate of drug-likeness (QED) is 0.684. The van der Waals surface area contributed by atoms with Crippen LogP contribution in [0.4, 0.5) is 0 Å². The van der Waals surface area contributed by atoms with Crippen molar-refractivity contribution in [3.05, 3.63) is 23.7 Å². The summed E-state index contributed by atoms with van der Waals surface area (Å²) in [4.78, 5) is 5.00. The number of hydrogen-bond acceptors (Lipinski definition) is 6. The first-order valence-corrected chi connectivity index (χ1v) is 10.0. The lowest BCUT2D eigenvalue weighted by Crippen LogP contribution is -2.41. The Balaban J connectivity index is 1.51. The summed E-state index contributed by atoms with van der Waals surface area (Å²) < 4.78 is 16.8. The van der Waals surface area contributed by atoms with Crippen molar-refractivity contribution in [3.8, 4) is 0 Å². The number of aliphatic hydroxyl groups excluding tert-OH is 1. The predicted molar refractivity (Wildman–Crippen MR) is 99.9 cm³/mol. The number of methoxy groups -OCH3 is 1. The van der Waals surface area contributed by atoms with Crippen molar-refractivity contribution in [2.75, 3.05) is 53.0 Å². The molecule has 0 radical (unpaired) electrons. The van der Waals surface area contributed by atoms with Crippen LogP contribution in [0.15, 0.2) is 16.5 Å². The van der Waals surface area contributed by atoms with E-state index in [0.717, 1.165) is 70.6 Å². The fourth-order valence-corrected chi connectivity index (χ4v) is 4.07. The molecule has 2 aliphatic heterocycles. The molecule has 1 N–H and O–H groups in total. The van der Waals surface area contributed by atoms with E-state index in [2.05, 4.69) is 9.80 Å². The number of aliphatic hydroxyl groups is 1. The first-order valence-electron chi connectivity index (χ1n) is 10.0. The highest BCUT2D eigenvalue weighted by Crippen LogP contribution is 2.22. The average Bonchev–Trinajstić information content (AvgIpc) is 3.33. The molecule has 148 valence electrons. The predicted octanol–water partition coefficient (Wildman–Crippen LogP) is 2.11. The molecule has 26 heavy (non-hydrogen) atoms. The normalized spacial score (nSPS) is 22.5. The molecule has 0 saturated carbocycles. The Hall–Kier alpha value is -0.920. The Labute approximate surface area is 157 Å². The zero-order valence-corrected chi connectivity index (χ0v) is 16.1. The molecule has 2 saturated heterocycles. The van der Waals surface area contributed by atoms with Gasteiger partial charge >= 0.3 is 0 Å². The molecule has 0 spiro atoms. The summed E-state index contributed by atoms with van der Waals surface area (Å²) in [6.07, 6.45) is 5.17. The van der Waals surface area contributed by atoms with Gasteiger partial charge in [0.2, 0.25) is 0 Å². The molecule has 0 aliphatic carbocycles. The maximum Gasteiger partial charge on any atom is 0.129 e. The van der Waals surface area contributed by atoms with Crippen LogP contribution in [0.3, 0.4) is 0 Å². The van der Waals surface area contributed by atoms with E-state index >= 15 is 0 Å². The van der Waals surface area contributed by atoms with Crippen molar-refractivity contribution >= 4 is 0 Å². The lowest BCUT2D eigenvalue weighted by molar-refractivity contribution is 0.0523. The molecule has 0 amide bonds. The van der Waals surface area contributed by atoms with Crippen molar-refractivity contribution in [2.45, 2.75) is 44.9 Å². The van der Waals surface area contributed by atoms with Gasteiger partial charge in [-0.1, -0.05) is 0 Å². The highest BCUT2D eigenvalue weighted by Gasteiger charge is 2.25. The third kappa shape index (κ3) is 6.06. The summed E-state index contributed by atoms with van der Waals surface area (Å²) in [5.41, 5.74) is 0. The molecule has 3 rings (SSSR count). The van der Waals surface area contributed by atoms with E-state index in [1.807, 2.05) is 12.1 Å². The smallest absolute Gasteiger partial charge is 0.129 e. The van der Waals surface area contributed by atoms with Gasteiger partial charge in [-0.05, 0) is 56.8 Å². The van der Waals surface area contributed by atoms with Crippen LogP contribution in [0.25, 0.3) is 0 Å². The van der Waals surface area contributed by atoms with E-state index in [1.54, 1.807) is 7.11 Å². The zero-order valence-electron chi connectivity index (χ0n) is 16.1. The minimum absolute atomic E-state index is 0.0360. The molecule has 3 heterocycles. The van der Waals surface area contributed by atoms with E-state index in [4.69, 9.17) is 13.9 Å². The minimum atomic E-state index is -0.0360. The van der Waals surface area contributed by atoms with Gasteiger partial charge in [0.25, 0.3) is 0 Å². The van der Waals surface area contributed by atoms with Crippen LogP contribution in [-0.2, 0) is 22.6 Å². The minimum Gasteiger partial charge on any atom is -0.462 e. The van der Waals surface area contributed by atoms with Gasteiger partial charge in [0.15, 0.2) is 0 Å².